The zero-order valence-corrected chi connectivity index (χ0v) is 7.87. The lowest BCUT2D eigenvalue weighted by Gasteiger charge is -2.04. The first-order valence-electron chi connectivity index (χ1n) is 4.30. The number of carbonyl (C=O) groups excluding carboxylic acids is 1. The number of benzene rings is 1. The van der Waals surface area contributed by atoms with E-state index in [0.29, 0.717) is 11.5 Å². The maximum atomic E-state index is 11.1. The van der Waals surface area contributed by atoms with E-state index in [2.05, 4.69) is 13.8 Å². The van der Waals surface area contributed by atoms with Crippen molar-refractivity contribution in [3.8, 4) is 0 Å². The molecule has 1 aromatic carbocycles. The van der Waals surface area contributed by atoms with Gasteiger partial charge in [0.1, 0.15) is 0 Å². The minimum Gasteiger partial charge on any atom is -0.305 e. The first-order valence-corrected chi connectivity index (χ1v) is 4.30. The summed E-state index contributed by atoms with van der Waals surface area (Å²) in [5.74, 6) is 0.236. The second kappa shape index (κ2) is 3.99. The van der Waals surface area contributed by atoms with Crippen molar-refractivity contribution in [3.05, 3.63) is 35.4 Å². The maximum absolute atomic E-state index is 11.1. The molecular formula is C11H13NO. The largest absolute Gasteiger partial charge is 0.305 e. The third-order valence-corrected chi connectivity index (χ3v) is 1.99. The monoisotopic (exact) mass is 175 g/mol. The van der Waals surface area contributed by atoms with E-state index in [1.165, 1.54) is 5.56 Å². The summed E-state index contributed by atoms with van der Waals surface area (Å²) < 4.78 is 0. The zero-order chi connectivity index (χ0) is 9.84. The summed E-state index contributed by atoms with van der Waals surface area (Å²) >= 11 is 0. The number of Topliss-reactive ketones (excluding diaryl/α,β-unsaturated/α-hetero) is 1. The highest BCUT2D eigenvalue weighted by molar-refractivity contribution is 6.34. The Kier molecular flexibility index (Phi) is 2.96. The Morgan fingerprint density at radius 1 is 1.31 bits per heavy atom. The molecule has 0 saturated carbocycles. The molecule has 13 heavy (non-hydrogen) atoms. The third kappa shape index (κ3) is 2.25. The lowest BCUT2D eigenvalue weighted by atomic mass is 10.0. The lowest BCUT2D eigenvalue weighted by Crippen LogP contribution is -1.99. The van der Waals surface area contributed by atoms with Crippen LogP contribution in [0.25, 0.3) is 0 Å². The summed E-state index contributed by atoms with van der Waals surface area (Å²) in [6.07, 6.45) is 0.838. The Hall–Kier alpha value is -1.44. The third-order valence-electron chi connectivity index (χ3n) is 1.99. The van der Waals surface area contributed by atoms with Gasteiger partial charge in [0.2, 0.25) is 5.78 Å². The number of ketones is 1. The zero-order valence-electron chi connectivity index (χ0n) is 7.87. The highest BCUT2D eigenvalue weighted by Crippen LogP contribution is 2.14. The summed E-state index contributed by atoms with van der Waals surface area (Å²) in [5, 5.41) is 6.81. The van der Waals surface area contributed by atoms with Crippen molar-refractivity contribution in [3.63, 3.8) is 0 Å². The fourth-order valence-corrected chi connectivity index (χ4v) is 1.12. The number of carbonyl (C=O) groups is 1. The molecular weight excluding hydrogens is 162 g/mol. The summed E-state index contributed by atoms with van der Waals surface area (Å²) in [5.41, 5.74) is 1.79. The number of rotatable bonds is 3. The molecule has 68 valence electrons. The summed E-state index contributed by atoms with van der Waals surface area (Å²) in [6.45, 7) is 4.21. The van der Waals surface area contributed by atoms with Gasteiger partial charge in [-0.15, -0.1) is 0 Å². The summed E-state index contributed by atoms with van der Waals surface area (Å²) in [7, 11) is 0. The van der Waals surface area contributed by atoms with Crippen molar-refractivity contribution in [2.24, 2.45) is 0 Å². The van der Waals surface area contributed by atoms with E-state index < -0.39 is 0 Å². The van der Waals surface area contributed by atoms with Crippen LogP contribution in [0.3, 0.4) is 0 Å². The molecule has 0 aliphatic rings. The normalized spacial score (nSPS) is 10.1. The van der Waals surface area contributed by atoms with E-state index in [9.17, 15) is 4.79 Å². The van der Waals surface area contributed by atoms with E-state index in [1.807, 2.05) is 12.1 Å². The van der Waals surface area contributed by atoms with Gasteiger partial charge >= 0.3 is 0 Å². The van der Waals surface area contributed by atoms with Crippen molar-refractivity contribution in [1.29, 1.82) is 5.41 Å². The summed E-state index contributed by atoms with van der Waals surface area (Å²) in [6, 6.07) is 7.40. The molecule has 0 aliphatic carbocycles. The number of hydrogen-bond acceptors (Lipinski definition) is 2. The van der Waals surface area contributed by atoms with Crippen molar-refractivity contribution < 1.29 is 4.79 Å². The fraction of sp³-hybridized carbons (Fsp3) is 0.273. The average molecular weight is 175 g/mol. The van der Waals surface area contributed by atoms with Crippen molar-refractivity contribution in [2.75, 3.05) is 0 Å². The van der Waals surface area contributed by atoms with Gasteiger partial charge in [0.15, 0.2) is 0 Å². The van der Waals surface area contributed by atoms with Gasteiger partial charge in [0, 0.05) is 5.56 Å². The number of nitrogens with one attached hydrogen (secondary N) is 1. The quantitative estimate of drug-likeness (QED) is 0.556. The van der Waals surface area contributed by atoms with Crippen LogP contribution in [0.5, 0.6) is 0 Å². The standard InChI is InChI=1S/C11H13NO/c1-8(2)9-3-5-10(6-4-9)11(13)7-12/h3-8,12H,1-2H3. The van der Waals surface area contributed by atoms with Gasteiger partial charge in [-0.25, -0.2) is 0 Å². The minimum atomic E-state index is -0.240. The molecule has 1 N–H and O–H groups in total. The second-order valence-electron chi connectivity index (χ2n) is 3.29. The minimum absolute atomic E-state index is 0.240. The van der Waals surface area contributed by atoms with Gasteiger partial charge in [0.25, 0.3) is 0 Å². The molecule has 2 nitrogen and oxygen atoms in total. The molecule has 1 aromatic rings. The highest BCUT2D eigenvalue weighted by atomic mass is 16.1. The molecule has 0 heterocycles. The van der Waals surface area contributed by atoms with Crippen LogP contribution in [0.2, 0.25) is 0 Å². The van der Waals surface area contributed by atoms with Crippen LogP contribution in [0.15, 0.2) is 24.3 Å². The van der Waals surface area contributed by atoms with Crippen LogP contribution >= 0.6 is 0 Å². The van der Waals surface area contributed by atoms with E-state index in [-0.39, 0.29) is 5.78 Å². The van der Waals surface area contributed by atoms with E-state index in [1.54, 1.807) is 12.1 Å². The Labute approximate surface area is 78.1 Å². The van der Waals surface area contributed by atoms with Crippen molar-refractivity contribution in [2.45, 2.75) is 19.8 Å². The fourth-order valence-electron chi connectivity index (χ4n) is 1.12. The molecule has 0 bridgehead atoms. The van der Waals surface area contributed by atoms with E-state index in [4.69, 9.17) is 5.41 Å². The molecule has 0 saturated heterocycles. The molecule has 0 atom stereocenters. The van der Waals surface area contributed by atoms with Gasteiger partial charge in [-0.1, -0.05) is 38.1 Å². The highest BCUT2D eigenvalue weighted by Gasteiger charge is 2.02. The topological polar surface area (TPSA) is 40.9 Å². The van der Waals surface area contributed by atoms with Gasteiger partial charge in [-0.05, 0) is 11.5 Å². The molecule has 0 unspecified atom stereocenters. The second-order valence-corrected chi connectivity index (χ2v) is 3.29. The first kappa shape index (κ1) is 9.65. The van der Waals surface area contributed by atoms with Crippen LogP contribution in [0.1, 0.15) is 35.7 Å². The molecule has 0 spiro atoms. The van der Waals surface area contributed by atoms with Crippen LogP contribution in [0.4, 0.5) is 0 Å². The smallest absolute Gasteiger partial charge is 0.203 e. The van der Waals surface area contributed by atoms with Crippen LogP contribution in [-0.4, -0.2) is 12.0 Å². The predicted molar refractivity (Wildman–Crippen MR) is 53.6 cm³/mol. The molecule has 0 amide bonds. The Bertz CT molecular complexity index is 311. The summed E-state index contributed by atoms with van der Waals surface area (Å²) in [4.78, 5) is 11.1. The first-order chi connectivity index (χ1) is 6.15. The molecule has 0 aromatic heterocycles. The van der Waals surface area contributed by atoms with Crippen LogP contribution in [-0.2, 0) is 0 Å². The molecule has 1 rings (SSSR count). The Morgan fingerprint density at radius 3 is 2.23 bits per heavy atom. The van der Waals surface area contributed by atoms with Crippen LogP contribution < -0.4 is 0 Å². The van der Waals surface area contributed by atoms with Gasteiger partial charge < -0.3 is 5.41 Å². The van der Waals surface area contributed by atoms with E-state index >= 15 is 0 Å². The average Bonchev–Trinajstić information content (AvgIpc) is 2.17. The predicted octanol–water partition coefficient (Wildman–Crippen LogP) is 2.64. The van der Waals surface area contributed by atoms with Gasteiger partial charge in [-0.2, -0.15) is 0 Å². The maximum Gasteiger partial charge on any atom is 0.203 e. The Balaban J connectivity index is 2.93. The lowest BCUT2D eigenvalue weighted by molar-refractivity contribution is 0.107. The van der Waals surface area contributed by atoms with Gasteiger partial charge in [-0.3, -0.25) is 4.79 Å². The molecule has 2 heteroatoms. The Morgan fingerprint density at radius 2 is 1.85 bits per heavy atom. The van der Waals surface area contributed by atoms with Crippen molar-refractivity contribution >= 4 is 12.0 Å². The SMILES string of the molecule is CC(C)c1ccc(C(=O)C=N)cc1. The van der Waals surface area contributed by atoms with Crippen molar-refractivity contribution in [1.82, 2.24) is 0 Å². The van der Waals surface area contributed by atoms with Gasteiger partial charge in [0.05, 0.1) is 6.21 Å². The molecule has 0 radical (unpaired) electrons. The molecule has 0 aliphatic heterocycles. The van der Waals surface area contributed by atoms with E-state index in [0.717, 1.165) is 6.21 Å². The number of hydrogen-bond donors (Lipinski definition) is 1. The molecule has 0 fully saturated rings. The van der Waals surface area contributed by atoms with Crippen LogP contribution in [0, 0.1) is 5.41 Å².